The number of hydrogen-bond donors (Lipinski definition) is 0. The standard InChI is InChI=1S/C13H10F3NS/c14-10-6-7-11(17-12(10)13(15)16)18-8-9-4-2-1-3-5-9/h1-7,13H,8H2. The van der Waals surface area contributed by atoms with Gasteiger partial charge in [-0.1, -0.05) is 30.3 Å². The molecule has 0 spiro atoms. The number of pyridine rings is 1. The van der Waals surface area contributed by atoms with Crippen molar-refractivity contribution in [3.05, 3.63) is 59.5 Å². The van der Waals surface area contributed by atoms with E-state index < -0.39 is 17.9 Å². The van der Waals surface area contributed by atoms with Crippen LogP contribution in [0, 0.1) is 5.82 Å². The van der Waals surface area contributed by atoms with Crippen LogP contribution in [0.4, 0.5) is 13.2 Å². The highest BCUT2D eigenvalue weighted by Gasteiger charge is 2.15. The molecule has 1 nitrogen and oxygen atoms in total. The summed E-state index contributed by atoms with van der Waals surface area (Å²) in [7, 11) is 0. The van der Waals surface area contributed by atoms with Gasteiger partial charge in [-0.25, -0.2) is 18.2 Å². The Bertz CT molecular complexity index is 517. The quantitative estimate of drug-likeness (QED) is 0.760. The minimum atomic E-state index is -2.89. The molecule has 18 heavy (non-hydrogen) atoms. The summed E-state index contributed by atoms with van der Waals surface area (Å²) >= 11 is 1.30. The number of hydrogen-bond acceptors (Lipinski definition) is 2. The fraction of sp³-hybridized carbons (Fsp3) is 0.154. The Morgan fingerprint density at radius 3 is 2.44 bits per heavy atom. The Kier molecular flexibility index (Phi) is 4.25. The first-order valence-corrected chi connectivity index (χ1v) is 6.26. The topological polar surface area (TPSA) is 12.9 Å². The molecule has 1 aromatic heterocycles. The fourth-order valence-corrected chi connectivity index (χ4v) is 2.24. The number of aromatic nitrogens is 1. The fourth-order valence-electron chi connectivity index (χ4n) is 1.40. The number of rotatable bonds is 4. The number of benzene rings is 1. The Hall–Kier alpha value is -1.49. The summed E-state index contributed by atoms with van der Waals surface area (Å²) in [6.07, 6.45) is -2.89. The largest absolute Gasteiger partial charge is 0.283 e. The smallest absolute Gasteiger partial charge is 0.237 e. The summed E-state index contributed by atoms with van der Waals surface area (Å²) in [5, 5.41) is 0.399. The van der Waals surface area contributed by atoms with Crippen LogP contribution in [0.3, 0.4) is 0 Å². The average Bonchev–Trinajstić information content (AvgIpc) is 2.38. The van der Waals surface area contributed by atoms with Crippen molar-refractivity contribution < 1.29 is 13.2 Å². The lowest BCUT2D eigenvalue weighted by atomic mass is 10.2. The maximum Gasteiger partial charge on any atom is 0.283 e. The molecule has 0 N–H and O–H groups in total. The van der Waals surface area contributed by atoms with Gasteiger partial charge in [-0.2, -0.15) is 0 Å². The molecule has 0 amide bonds. The molecule has 2 rings (SSSR count). The summed E-state index contributed by atoms with van der Waals surface area (Å²) in [6, 6.07) is 12.0. The molecule has 0 radical (unpaired) electrons. The third-order valence-corrected chi connectivity index (χ3v) is 3.28. The lowest BCUT2D eigenvalue weighted by Gasteiger charge is -2.05. The lowest BCUT2D eigenvalue weighted by Crippen LogP contribution is -1.96. The Morgan fingerprint density at radius 2 is 1.78 bits per heavy atom. The highest BCUT2D eigenvalue weighted by molar-refractivity contribution is 7.98. The molecule has 0 atom stereocenters. The third kappa shape index (κ3) is 3.26. The molecule has 0 fully saturated rings. The maximum absolute atomic E-state index is 13.0. The van der Waals surface area contributed by atoms with Crippen molar-refractivity contribution in [2.75, 3.05) is 0 Å². The molecule has 0 saturated heterocycles. The normalized spacial score (nSPS) is 10.9. The molecule has 0 unspecified atom stereocenters. The zero-order valence-electron chi connectivity index (χ0n) is 9.32. The van der Waals surface area contributed by atoms with Crippen LogP contribution in [-0.2, 0) is 5.75 Å². The molecule has 0 bridgehead atoms. The molecule has 1 heterocycles. The van der Waals surface area contributed by atoms with Crippen LogP contribution >= 0.6 is 11.8 Å². The minimum absolute atomic E-state index is 0.399. The van der Waals surface area contributed by atoms with Gasteiger partial charge in [-0.3, -0.25) is 0 Å². The van der Waals surface area contributed by atoms with E-state index in [1.807, 2.05) is 30.3 Å². The summed E-state index contributed by atoms with van der Waals surface area (Å²) in [4.78, 5) is 3.62. The molecule has 1 aromatic carbocycles. The van der Waals surface area contributed by atoms with E-state index in [4.69, 9.17) is 0 Å². The zero-order chi connectivity index (χ0) is 13.0. The van der Waals surface area contributed by atoms with Crippen LogP contribution in [0.25, 0.3) is 0 Å². The van der Waals surface area contributed by atoms with E-state index in [1.165, 1.54) is 17.8 Å². The number of halogens is 3. The van der Waals surface area contributed by atoms with E-state index >= 15 is 0 Å². The molecule has 5 heteroatoms. The number of alkyl halides is 2. The molecular weight excluding hydrogens is 259 g/mol. The molecular formula is C13H10F3NS. The van der Waals surface area contributed by atoms with Gasteiger partial charge in [0.2, 0.25) is 0 Å². The number of nitrogens with zero attached hydrogens (tertiary/aromatic N) is 1. The third-order valence-electron chi connectivity index (χ3n) is 2.28. The van der Waals surface area contributed by atoms with Crippen LogP contribution < -0.4 is 0 Å². The Morgan fingerprint density at radius 1 is 1.06 bits per heavy atom. The van der Waals surface area contributed by atoms with Gasteiger partial charge in [-0.05, 0) is 17.7 Å². The SMILES string of the molecule is Fc1ccc(SCc2ccccc2)nc1C(F)F. The Balaban J connectivity index is 2.08. The monoisotopic (exact) mass is 269 g/mol. The van der Waals surface area contributed by atoms with Gasteiger partial charge in [0.1, 0.15) is 5.69 Å². The van der Waals surface area contributed by atoms with E-state index in [9.17, 15) is 13.2 Å². The van der Waals surface area contributed by atoms with Crippen molar-refractivity contribution in [3.8, 4) is 0 Å². The second-order valence-electron chi connectivity index (χ2n) is 3.59. The van der Waals surface area contributed by atoms with Gasteiger partial charge in [0.05, 0.1) is 5.03 Å². The van der Waals surface area contributed by atoms with Crippen molar-refractivity contribution in [2.24, 2.45) is 0 Å². The predicted octanol–water partition coefficient (Wildman–Crippen LogP) is 4.45. The van der Waals surface area contributed by atoms with E-state index in [0.717, 1.165) is 11.6 Å². The van der Waals surface area contributed by atoms with Crippen LogP contribution in [0.1, 0.15) is 17.7 Å². The van der Waals surface area contributed by atoms with Crippen LogP contribution in [-0.4, -0.2) is 4.98 Å². The van der Waals surface area contributed by atoms with Gasteiger partial charge in [0, 0.05) is 5.75 Å². The van der Waals surface area contributed by atoms with Gasteiger partial charge in [0.15, 0.2) is 5.82 Å². The molecule has 0 aliphatic heterocycles. The van der Waals surface area contributed by atoms with Crippen LogP contribution in [0.5, 0.6) is 0 Å². The van der Waals surface area contributed by atoms with Crippen LogP contribution in [0.2, 0.25) is 0 Å². The van der Waals surface area contributed by atoms with Gasteiger partial charge in [-0.15, -0.1) is 11.8 Å². The van der Waals surface area contributed by atoms with Gasteiger partial charge >= 0.3 is 0 Å². The molecule has 0 aliphatic carbocycles. The first-order chi connectivity index (χ1) is 8.66. The molecule has 0 saturated carbocycles. The predicted molar refractivity (Wildman–Crippen MR) is 65.2 cm³/mol. The second kappa shape index (κ2) is 5.91. The van der Waals surface area contributed by atoms with E-state index in [1.54, 1.807) is 0 Å². The average molecular weight is 269 g/mol. The highest BCUT2D eigenvalue weighted by atomic mass is 32.2. The first kappa shape index (κ1) is 13.0. The van der Waals surface area contributed by atoms with E-state index in [-0.39, 0.29) is 0 Å². The lowest BCUT2D eigenvalue weighted by molar-refractivity contribution is 0.139. The molecule has 94 valence electrons. The molecule has 0 aliphatic rings. The van der Waals surface area contributed by atoms with Gasteiger partial charge in [0.25, 0.3) is 6.43 Å². The highest BCUT2D eigenvalue weighted by Crippen LogP contribution is 2.25. The van der Waals surface area contributed by atoms with Crippen molar-refractivity contribution in [3.63, 3.8) is 0 Å². The van der Waals surface area contributed by atoms with E-state index in [2.05, 4.69) is 4.98 Å². The van der Waals surface area contributed by atoms with E-state index in [0.29, 0.717) is 10.8 Å². The summed E-state index contributed by atoms with van der Waals surface area (Å²) in [6.45, 7) is 0. The van der Waals surface area contributed by atoms with Gasteiger partial charge < -0.3 is 0 Å². The van der Waals surface area contributed by atoms with Crippen LogP contribution in [0.15, 0.2) is 47.5 Å². The van der Waals surface area contributed by atoms with Crippen molar-refractivity contribution in [1.29, 1.82) is 0 Å². The first-order valence-electron chi connectivity index (χ1n) is 5.28. The Labute approximate surface area is 107 Å². The van der Waals surface area contributed by atoms with Crippen molar-refractivity contribution >= 4 is 11.8 Å². The maximum atomic E-state index is 13.0. The summed E-state index contributed by atoms with van der Waals surface area (Å²) in [5.74, 6) is -0.351. The number of thioether (sulfide) groups is 1. The second-order valence-corrected chi connectivity index (χ2v) is 4.59. The van der Waals surface area contributed by atoms with Crippen molar-refractivity contribution in [1.82, 2.24) is 4.98 Å². The minimum Gasteiger partial charge on any atom is -0.237 e. The molecule has 2 aromatic rings. The van der Waals surface area contributed by atoms with Crippen molar-refractivity contribution in [2.45, 2.75) is 17.2 Å². The summed E-state index contributed by atoms with van der Waals surface area (Å²) in [5.41, 5.74) is 0.278. The summed E-state index contributed by atoms with van der Waals surface area (Å²) < 4.78 is 38.0. The zero-order valence-corrected chi connectivity index (χ0v) is 10.1.